The van der Waals surface area contributed by atoms with E-state index in [1.54, 1.807) is 24.5 Å². The number of hydrogen-bond acceptors (Lipinski definition) is 5. The Bertz CT molecular complexity index is 682. The summed E-state index contributed by atoms with van der Waals surface area (Å²) in [6.45, 7) is 2.15. The van der Waals surface area contributed by atoms with Crippen molar-refractivity contribution in [2.75, 3.05) is 6.61 Å². The number of esters is 1. The first-order chi connectivity index (χ1) is 8.79. The minimum absolute atomic E-state index is 0.363. The molecule has 0 aliphatic carbocycles. The van der Waals surface area contributed by atoms with Gasteiger partial charge in [0.1, 0.15) is 0 Å². The molecule has 0 aliphatic heterocycles. The Morgan fingerprint density at radius 3 is 3.11 bits per heavy atom. The second kappa shape index (κ2) is 4.55. The lowest BCUT2D eigenvalue weighted by atomic mass is 10.4. The van der Waals surface area contributed by atoms with Crippen molar-refractivity contribution >= 4 is 33.6 Å². The van der Waals surface area contributed by atoms with E-state index in [-0.39, 0.29) is 5.97 Å². The summed E-state index contributed by atoms with van der Waals surface area (Å²) < 4.78 is 6.88. The van der Waals surface area contributed by atoms with Gasteiger partial charge in [-0.1, -0.05) is 6.07 Å². The molecule has 0 saturated carbocycles. The molecule has 0 N–H and O–H groups in total. The Kier molecular flexibility index (Phi) is 2.89. The van der Waals surface area contributed by atoms with Crippen molar-refractivity contribution in [1.29, 1.82) is 0 Å². The SMILES string of the molecule is CCOC(=O)c1cn2c(-c3cccs3)csc2n1. The van der Waals surface area contributed by atoms with Crippen LogP contribution >= 0.6 is 22.7 Å². The average molecular weight is 278 g/mol. The zero-order chi connectivity index (χ0) is 12.5. The number of thiophene rings is 1. The molecule has 3 aromatic heterocycles. The molecule has 0 saturated heterocycles. The third-order valence-corrected chi connectivity index (χ3v) is 4.20. The van der Waals surface area contributed by atoms with Crippen LogP contribution in [0, 0.1) is 0 Å². The monoisotopic (exact) mass is 278 g/mol. The number of aromatic nitrogens is 2. The highest BCUT2D eigenvalue weighted by Gasteiger charge is 2.15. The first-order valence-electron chi connectivity index (χ1n) is 5.47. The number of ether oxygens (including phenoxy) is 1. The summed E-state index contributed by atoms with van der Waals surface area (Å²) in [6, 6.07) is 4.06. The molecule has 18 heavy (non-hydrogen) atoms. The number of carbonyl (C=O) groups excluding carboxylic acids is 1. The van der Waals surface area contributed by atoms with E-state index < -0.39 is 0 Å². The molecule has 0 amide bonds. The number of thiazole rings is 1. The van der Waals surface area contributed by atoms with E-state index in [0.717, 1.165) is 15.5 Å². The van der Waals surface area contributed by atoms with E-state index in [2.05, 4.69) is 11.1 Å². The number of imidazole rings is 1. The predicted molar refractivity (Wildman–Crippen MR) is 72.3 cm³/mol. The third-order valence-electron chi connectivity index (χ3n) is 2.47. The van der Waals surface area contributed by atoms with Crippen LogP contribution in [-0.4, -0.2) is 22.0 Å². The first-order valence-corrected chi connectivity index (χ1v) is 7.23. The van der Waals surface area contributed by atoms with E-state index >= 15 is 0 Å². The number of carbonyl (C=O) groups is 1. The zero-order valence-corrected chi connectivity index (χ0v) is 11.3. The molecule has 6 heteroatoms. The fraction of sp³-hybridized carbons (Fsp3) is 0.167. The first kappa shape index (κ1) is 11.4. The summed E-state index contributed by atoms with van der Waals surface area (Å²) in [5.74, 6) is -0.370. The molecule has 3 heterocycles. The lowest BCUT2D eigenvalue weighted by molar-refractivity contribution is 0.0520. The van der Waals surface area contributed by atoms with E-state index in [4.69, 9.17) is 4.74 Å². The number of rotatable bonds is 3. The van der Waals surface area contributed by atoms with Gasteiger partial charge in [-0.3, -0.25) is 4.40 Å². The molecule has 3 rings (SSSR count). The topological polar surface area (TPSA) is 43.6 Å². The van der Waals surface area contributed by atoms with Crippen LogP contribution in [0.3, 0.4) is 0 Å². The van der Waals surface area contributed by atoms with Gasteiger partial charge >= 0.3 is 5.97 Å². The normalized spacial score (nSPS) is 10.9. The van der Waals surface area contributed by atoms with Crippen molar-refractivity contribution in [3.05, 3.63) is 34.8 Å². The van der Waals surface area contributed by atoms with Gasteiger partial charge in [-0.2, -0.15) is 0 Å². The maximum absolute atomic E-state index is 11.6. The van der Waals surface area contributed by atoms with Gasteiger partial charge in [0.15, 0.2) is 10.7 Å². The molecule has 0 bridgehead atoms. The van der Waals surface area contributed by atoms with E-state index in [0.29, 0.717) is 12.3 Å². The Balaban J connectivity index is 2.06. The lowest BCUT2D eigenvalue weighted by Gasteiger charge is -1.96. The van der Waals surface area contributed by atoms with E-state index in [1.807, 2.05) is 21.2 Å². The highest BCUT2D eigenvalue weighted by atomic mass is 32.1. The Hall–Kier alpha value is -1.66. The van der Waals surface area contributed by atoms with Crippen LogP contribution in [0.4, 0.5) is 0 Å². The van der Waals surface area contributed by atoms with Crippen molar-refractivity contribution in [1.82, 2.24) is 9.38 Å². The van der Waals surface area contributed by atoms with Crippen LogP contribution < -0.4 is 0 Å². The Labute approximate surface area is 111 Å². The zero-order valence-electron chi connectivity index (χ0n) is 9.62. The Morgan fingerprint density at radius 2 is 2.39 bits per heavy atom. The summed E-state index contributed by atoms with van der Waals surface area (Å²) in [7, 11) is 0. The van der Waals surface area contributed by atoms with Crippen molar-refractivity contribution in [2.45, 2.75) is 6.92 Å². The summed E-state index contributed by atoms with van der Waals surface area (Å²) in [4.78, 5) is 17.9. The smallest absolute Gasteiger partial charge is 0.358 e. The quantitative estimate of drug-likeness (QED) is 0.690. The fourth-order valence-corrected chi connectivity index (χ4v) is 3.38. The molecule has 0 fully saturated rings. The third kappa shape index (κ3) is 1.83. The van der Waals surface area contributed by atoms with Gasteiger partial charge in [-0.15, -0.1) is 22.7 Å². The van der Waals surface area contributed by atoms with Gasteiger partial charge in [0.05, 0.1) is 17.2 Å². The molecule has 92 valence electrons. The highest BCUT2D eigenvalue weighted by molar-refractivity contribution is 7.16. The van der Waals surface area contributed by atoms with Gasteiger partial charge in [-0.05, 0) is 18.4 Å². The van der Waals surface area contributed by atoms with E-state index in [9.17, 15) is 4.79 Å². The molecule has 4 nitrogen and oxygen atoms in total. The molecule has 0 spiro atoms. The van der Waals surface area contributed by atoms with Gasteiger partial charge in [0.25, 0.3) is 0 Å². The predicted octanol–water partition coefficient (Wildman–Crippen LogP) is 3.30. The molecule has 0 radical (unpaired) electrons. The molecule has 3 aromatic rings. The van der Waals surface area contributed by atoms with Crippen molar-refractivity contribution in [3.63, 3.8) is 0 Å². The maximum atomic E-state index is 11.6. The minimum atomic E-state index is -0.370. The van der Waals surface area contributed by atoms with Crippen LogP contribution in [0.5, 0.6) is 0 Å². The van der Waals surface area contributed by atoms with Crippen molar-refractivity contribution < 1.29 is 9.53 Å². The van der Waals surface area contributed by atoms with Crippen LogP contribution in [0.15, 0.2) is 29.1 Å². The van der Waals surface area contributed by atoms with Gasteiger partial charge in [0, 0.05) is 11.6 Å². The molecule has 0 unspecified atom stereocenters. The summed E-state index contributed by atoms with van der Waals surface area (Å²) in [6.07, 6.45) is 1.74. The van der Waals surface area contributed by atoms with Crippen molar-refractivity contribution in [3.8, 4) is 10.6 Å². The van der Waals surface area contributed by atoms with E-state index in [1.165, 1.54) is 11.3 Å². The molecular formula is C12H10N2O2S2. The summed E-state index contributed by atoms with van der Waals surface area (Å²) in [5.41, 5.74) is 1.43. The second-order valence-corrected chi connectivity index (χ2v) is 5.38. The molecule has 0 aliphatic rings. The average Bonchev–Trinajstić information content (AvgIpc) is 3.04. The van der Waals surface area contributed by atoms with Crippen LogP contribution in [0.25, 0.3) is 15.5 Å². The standard InChI is InChI=1S/C12H10N2O2S2/c1-2-16-11(15)8-6-14-9(7-18-12(14)13-8)10-4-3-5-17-10/h3-7H,2H2,1H3. The Morgan fingerprint density at radius 1 is 1.50 bits per heavy atom. The van der Waals surface area contributed by atoms with Crippen LogP contribution in [-0.2, 0) is 4.74 Å². The van der Waals surface area contributed by atoms with Gasteiger partial charge < -0.3 is 4.74 Å². The lowest BCUT2D eigenvalue weighted by Crippen LogP contribution is -2.04. The molecule has 0 atom stereocenters. The largest absolute Gasteiger partial charge is 0.461 e. The van der Waals surface area contributed by atoms with Crippen LogP contribution in [0.2, 0.25) is 0 Å². The number of nitrogens with zero attached hydrogens (tertiary/aromatic N) is 2. The second-order valence-electron chi connectivity index (χ2n) is 3.60. The van der Waals surface area contributed by atoms with Crippen LogP contribution in [0.1, 0.15) is 17.4 Å². The molecular weight excluding hydrogens is 268 g/mol. The summed E-state index contributed by atoms with van der Waals surface area (Å²) >= 11 is 3.18. The van der Waals surface area contributed by atoms with Gasteiger partial charge in [-0.25, -0.2) is 9.78 Å². The number of hydrogen-bond donors (Lipinski definition) is 0. The molecule has 0 aromatic carbocycles. The van der Waals surface area contributed by atoms with Gasteiger partial charge in [0.2, 0.25) is 0 Å². The van der Waals surface area contributed by atoms with Crippen molar-refractivity contribution in [2.24, 2.45) is 0 Å². The number of fused-ring (bicyclic) bond motifs is 1. The summed E-state index contributed by atoms with van der Waals surface area (Å²) in [5, 5.41) is 4.07. The fourth-order valence-electron chi connectivity index (χ4n) is 1.69. The maximum Gasteiger partial charge on any atom is 0.358 e. The minimum Gasteiger partial charge on any atom is -0.461 e. The highest BCUT2D eigenvalue weighted by Crippen LogP contribution is 2.29.